The first-order valence-electron chi connectivity index (χ1n) is 10.1. The maximum Gasteiger partial charge on any atom is 0.224 e. The molecule has 2 aliphatic heterocycles. The van der Waals surface area contributed by atoms with E-state index >= 15 is 0 Å². The summed E-state index contributed by atoms with van der Waals surface area (Å²) in [5, 5.41) is 16.4. The minimum atomic E-state index is 0.151. The number of aromatic nitrogens is 4. The maximum absolute atomic E-state index is 12.4. The number of amides is 1. The van der Waals surface area contributed by atoms with Gasteiger partial charge in [-0.05, 0) is 51.4 Å². The highest BCUT2D eigenvalue weighted by Crippen LogP contribution is 2.38. The van der Waals surface area contributed by atoms with Gasteiger partial charge in [0, 0.05) is 38.0 Å². The molecular weight excluding hydrogens is 342 g/mol. The van der Waals surface area contributed by atoms with E-state index in [0.29, 0.717) is 11.8 Å². The molecule has 1 amide bonds. The minimum Gasteiger partial charge on any atom is -0.355 e. The van der Waals surface area contributed by atoms with Gasteiger partial charge >= 0.3 is 0 Å². The first kappa shape index (κ1) is 16.9. The number of nitrogens with zero attached hydrogens (tertiary/aromatic N) is 6. The van der Waals surface area contributed by atoms with E-state index in [4.69, 9.17) is 5.10 Å². The zero-order valence-electron chi connectivity index (χ0n) is 15.8. The summed E-state index contributed by atoms with van der Waals surface area (Å²) in [4.78, 5) is 16.9. The maximum atomic E-state index is 12.4. The normalized spacial score (nSPS) is 24.2. The van der Waals surface area contributed by atoms with Gasteiger partial charge in [-0.15, -0.1) is 15.3 Å². The molecule has 2 aromatic rings. The van der Waals surface area contributed by atoms with E-state index in [1.807, 2.05) is 16.6 Å². The van der Waals surface area contributed by atoms with Gasteiger partial charge in [0.15, 0.2) is 11.5 Å². The minimum absolute atomic E-state index is 0.151. The van der Waals surface area contributed by atoms with E-state index in [1.165, 1.54) is 12.8 Å². The van der Waals surface area contributed by atoms with Crippen molar-refractivity contribution in [2.75, 3.05) is 44.7 Å². The van der Waals surface area contributed by atoms with Crippen molar-refractivity contribution >= 4 is 17.4 Å². The van der Waals surface area contributed by atoms with Gasteiger partial charge in [-0.2, -0.15) is 4.52 Å². The fourth-order valence-corrected chi connectivity index (χ4v) is 4.22. The van der Waals surface area contributed by atoms with E-state index in [9.17, 15) is 4.79 Å². The van der Waals surface area contributed by atoms with Crippen LogP contribution in [-0.2, 0) is 4.79 Å². The molecule has 1 aliphatic carbocycles. The van der Waals surface area contributed by atoms with E-state index in [2.05, 4.69) is 32.4 Å². The summed E-state index contributed by atoms with van der Waals surface area (Å²) in [5.41, 5.74) is 0.822. The number of carbonyl (C=O) groups is 1. The lowest BCUT2D eigenvalue weighted by molar-refractivity contribution is -0.126. The summed E-state index contributed by atoms with van der Waals surface area (Å²) >= 11 is 0. The summed E-state index contributed by atoms with van der Waals surface area (Å²) in [6.45, 7) is 4.62. The van der Waals surface area contributed by atoms with Crippen LogP contribution in [0.25, 0.3) is 5.65 Å². The number of hydrogen-bond donors (Lipinski definition) is 1. The average molecular weight is 369 g/mol. The van der Waals surface area contributed by atoms with Crippen LogP contribution in [0.4, 0.5) is 5.82 Å². The third-order valence-corrected chi connectivity index (χ3v) is 6.06. The van der Waals surface area contributed by atoms with Gasteiger partial charge in [0.1, 0.15) is 5.82 Å². The lowest BCUT2D eigenvalue weighted by atomic mass is 9.96. The SMILES string of the molecule is CN1CCCC(C(=O)NCC2CN(c3ccc4nnc(C5CC5)n4n3)C2)C1. The van der Waals surface area contributed by atoms with Crippen molar-refractivity contribution in [3.8, 4) is 0 Å². The molecule has 0 bridgehead atoms. The highest BCUT2D eigenvalue weighted by atomic mass is 16.1. The zero-order chi connectivity index (χ0) is 18.4. The van der Waals surface area contributed by atoms with E-state index in [-0.39, 0.29) is 11.8 Å². The summed E-state index contributed by atoms with van der Waals surface area (Å²) in [5.74, 6) is 3.36. The Morgan fingerprint density at radius 3 is 2.81 bits per heavy atom. The monoisotopic (exact) mass is 369 g/mol. The third kappa shape index (κ3) is 3.38. The van der Waals surface area contributed by atoms with Crippen molar-refractivity contribution in [2.45, 2.75) is 31.6 Å². The molecule has 4 heterocycles. The molecule has 0 spiro atoms. The second-order valence-electron chi connectivity index (χ2n) is 8.41. The Hall–Kier alpha value is -2.22. The third-order valence-electron chi connectivity index (χ3n) is 6.06. The quantitative estimate of drug-likeness (QED) is 0.844. The lowest BCUT2D eigenvalue weighted by Crippen LogP contribution is -2.53. The molecule has 144 valence electrons. The Morgan fingerprint density at radius 1 is 1.19 bits per heavy atom. The Labute approximate surface area is 158 Å². The van der Waals surface area contributed by atoms with Crippen molar-refractivity contribution < 1.29 is 4.79 Å². The molecule has 3 aliphatic rings. The van der Waals surface area contributed by atoms with Crippen LogP contribution in [0.5, 0.6) is 0 Å². The molecule has 5 rings (SSSR count). The molecule has 8 heteroatoms. The number of hydrogen-bond acceptors (Lipinski definition) is 6. The Morgan fingerprint density at radius 2 is 2.04 bits per heavy atom. The number of carbonyl (C=O) groups excluding carboxylic acids is 1. The zero-order valence-corrected chi connectivity index (χ0v) is 15.8. The number of anilines is 1. The van der Waals surface area contributed by atoms with E-state index in [0.717, 1.165) is 62.9 Å². The fourth-order valence-electron chi connectivity index (χ4n) is 4.22. The van der Waals surface area contributed by atoms with Gasteiger partial charge in [-0.3, -0.25) is 4.79 Å². The largest absolute Gasteiger partial charge is 0.355 e. The first-order valence-corrected chi connectivity index (χ1v) is 10.1. The van der Waals surface area contributed by atoms with Crippen molar-refractivity contribution in [1.29, 1.82) is 0 Å². The molecule has 1 N–H and O–H groups in total. The molecule has 2 aromatic heterocycles. The molecule has 0 aromatic carbocycles. The summed E-state index contributed by atoms with van der Waals surface area (Å²) in [6, 6.07) is 4.02. The second kappa shape index (κ2) is 6.74. The van der Waals surface area contributed by atoms with Crippen LogP contribution < -0.4 is 10.2 Å². The molecule has 1 saturated carbocycles. The van der Waals surface area contributed by atoms with Gasteiger partial charge in [-0.1, -0.05) is 0 Å². The Balaban J connectivity index is 1.15. The number of piperidine rings is 1. The average Bonchev–Trinajstić information content (AvgIpc) is 3.39. The van der Waals surface area contributed by atoms with Gasteiger partial charge in [0.05, 0.1) is 5.92 Å². The molecule has 1 atom stereocenters. The molecule has 27 heavy (non-hydrogen) atoms. The summed E-state index contributed by atoms with van der Waals surface area (Å²) < 4.78 is 1.90. The summed E-state index contributed by atoms with van der Waals surface area (Å²) in [7, 11) is 2.09. The predicted octanol–water partition coefficient (Wildman–Crippen LogP) is 0.896. The highest BCUT2D eigenvalue weighted by molar-refractivity contribution is 5.79. The van der Waals surface area contributed by atoms with Gasteiger partial charge in [0.2, 0.25) is 5.91 Å². The fraction of sp³-hybridized carbons (Fsp3) is 0.684. The smallest absolute Gasteiger partial charge is 0.224 e. The topological polar surface area (TPSA) is 78.7 Å². The molecule has 3 fully saturated rings. The van der Waals surface area contributed by atoms with Crippen molar-refractivity contribution in [3.05, 3.63) is 18.0 Å². The van der Waals surface area contributed by atoms with E-state index < -0.39 is 0 Å². The molecule has 8 nitrogen and oxygen atoms in total. The number of fused-ring (bicyclic) bond motifs is 1. The highest BCUT2D eigenvalue weighted by Gasteiger charge is 2.32. The summed E-state index contributed by atoms with van der Waals surface area (Å²) in [6.07, 6.45) is 4.51. The van der Waals surface area contributed by atoms with Gasteiger partial charge < -0.3 is 15.1 Å². The standard InChI is InChI=1S/C19H27N7O/c1-24-8-2-3-15(12-24)19(27)20-9-13-10-25(11-13)17-7-6-16-21-22-18(14-4-5-14)26(16)23-17/h6-7,13-15H,2-5,8-12H2,1H3,(H,20,27). The number of rotatable bonds is 5. The lowest BCUT2D eigenvalue weighted by Gasteiger charge is -2.40. The molecular formula is C19H27N7O. The van der Waals surface area contributed by atoms with Crippen LogP contribution in [0.1, 0.15) is 37.4 Å². The van der Waals surface area contributed by atoms with Gasteiger partial charge in [-0.25, -0.2) is 0 Å². The van der Waals surface area contributed by atoms with Crippen molar-refractivity contribution in [1.82, 2.24) is 30.0 Å². The van der Waals surface area contributed by atoms with Crippen molar-refractivity contribution in [2.24, 2.45) is 11.8 Å². The van der Waals surface area contributed by atoms with Crippen molar-refractivity contribution in [3.63, 3.8) is 0 Å². The first-order chi connectivity index (χ1) is 13.2. The Kier molecular flexibility index (Phi) is 4.22. The molecule has 0 radical (unpaired) electrons. The Bertz CT molecular complexity index is 840. The van der Waals surface area contributed by atoms with Crippen LogP contribution in [0.2, 0.25) is 0 Å². The second-order valence-corrected chi connectivity index (χ2v) is 8.41. The van der Waals surface area contributed by atoms with Crippen LogP contribution in [-0.4, -0.2) is 70.4 Å². The van der Waals surface area contributed by atoms with Crippen LogP contribution in [0.3, 0.4) is 0 Å². The molecule has 2 saturated heterocycles. The van der Waals surface area contributed by atoms with Gasteiger partial charge in [0.25, 0.3) is 0 Å². The predicted molar refractivity (Wildman–Crippen MR) is 102 cm³/mol. The van der Waals surface area contributed by atoms with Crippen LogP contribution in [0, 0.1) is 11.8 Å². The van der Waals surface area contributed by atoms with E-state index in [1.54, 1.807) is 0 Å². The number of likely N-dealkylation sites (tertiary alicyclic amines) is 1. The van der Waals surface area contributed by atoms with Crippen LogP contribution in [0.15, 0.2) is 12.1 Å². The van der Waals surface area contributed by atoms with Crippen LogP contribution >= 0.6 is 0 Å². The molecule has 1 unspecified atom stereocenters. The number of nitrogens with one attached hydrogen (secondary N) is 1.